The van der Waals surface area contributed by atoms with Gasteiger partial charge < -0.3 is 10.3 Å². The Bertz CT molecular complexity index is 636. The Labute approximate surface area is 119 Å². The van der Waals surface area contributed by atoms with Crippen molar-refractivity contribution < 1.29 is 4.79 Å². The fourth-order valence-corrected chi connectivity index (χ4v) is 3.12. The van der Waals surface area contributed by atoms with Gasteiger partial charge in [-0.05, 0) is 50.5 Å². The van der Waals surface area contributed by atoms with Crippen molar-refractivity contribution in [2.45, 2.75) is 52.0 Å². The number of fused-ring (bicyclic) bond motifs is 1. The van der Waals surface area contributed by atoms with Gasteiger partial charge in [0.05, 0.1) is 0 Å². The van der Waals surface area contributed by atoms with Crippen LogP contribution in [0.3, 0.4) is 0 Å². The van der Waals surface area contributed by atoms with Gasteiger partial charge in [-0.2, -0.15) is 0 Å². The summed E-state index contributed by atoms with van der Waals surface area (Å²) in [4.78, 5) is 15.7. The Morgan fingerprint density at radius 1 is 1.20 bits per heavy atom. The molecule has 106 valence electrons. The van der Waals surface area contributed by atoms with Crippen LogP contribution in [-0.4, -0.2) is 16.9 Å². The van der Waals surface area contributed by atoms with Crippen molar-refractivity contribution in [3.8, 4) is 0 Å². The van der Waals surface area contributed by atoms with Crippen molar-refractivity contribution >= 4 is 16.8 Å². The number of nitrogens with one attached hydrogen (secondary N) is 2. The Hall–Kier alpha value is -1.77. The number of aromatic nitrogens is 1. The van der Waals surface area contributed by atoms with Crippen molar-refractivity contribution in [3.05, 3.63) is 35.0 Å². The van der Waals surface area contributed by atoms with E-state index in [1.807, 2.05) is 18.2 Å². The number of benzene rings is 1. The molecular formula is C17H22N2O. The average Bonchev–Trinajstić information content (AvgIpc) is 2.75. The quantitative estimate of drug-likeness (QED) is 0.855. The largest absolute Gasteiger partial charge is 0.358 e. The molecule has 0 radical (unpaired) electrons. The van der Waals surface area contributed by atoms with Gasteiger partial charge in [0.2, 0.25) is 0 Å². The normalized spacial score (nSPS) is 16.5. The maximum Gasteiger partial charge on any atom is 0.251 e. The maximum atomic E-state index is 12.4. The van der Waals surface area contributed by atoms with Gasteiger partial charge in [-0.15, -0.1) is 0 Å². The van der Waals surface area contributed by atoms with Gasteiger partial charge in [-0.25, -0.2) is 0 Å². The minimum atomic E-state index is 0.0667. The molecule has 2 aromatic rings. The summed E-state index contributed by atoms with van der Waals surface area (Å²) in [5.41, 5.74) is 4.27. The van der Waals surface area contributed by atoms with E-state index in [4.69, 9.17) is 0 Å². The van der Waals surface area contributed by atoms with Gasteiger partial charge in [0.15, 0.2) is 0 Å². The second kappa shape index (κ2) is 5.31. The van der Waals surface area contributed by atoms with E-state index in [0.717, 1.165) is 29.3 Å². The Morgan fingerprint density at radius 2 is 1.95 bits per heavy atom. The number of rotatable bonds is 2. The number of aryl methyl sites for hydroxylation is 2. The number of amides is 1. The molecule has 0 aliphatic heterocycles. The molecule has 1 aromatic carbocycles. The fourth-order valence-electron chi connectivity index (χ4n) is 3.12. The van der Waals surface area contributed by atoms with Crippen LogP contribution in [0, 0.1) is 13.8 Å². The highest BCUT2D eigenvalue weighted by atomic mass is 16.1. The topological polar surface area (TPSA) is 44.9 Å². The molecule has 1 amide bonds. The molecule has 2 N–H and O–H groups in total. The van der Waals surface area contributed by atoms with Crippen LogP contribution in [-0.2, 0) is 0 Å². The number of H-pyrrole nitrogens is 1. The summed E-state index contributed by atoms with van der Waals surface area (Å²) in [5.74, 6) is 0.0667. The summed E-state index contributed by atoms with van der Waals surface area (Å²) in [6.07, 6.45) is 6.02. The number of aromatic amines is 1. The minimum absolute atomic E-state index is 0.0667. The molecule has 1 aliphatic rings. The molecule has 3 heteroatoms. The fraction of sp³-hybridized carbons (Fsp3) is 0.471. The minimum Gasteiger partial charge on any atom is -0.358 e. The Morgan fingerprint density at radius 3 is 2.70 bits per heavy atom. The van der Waals surface area contributed by atoms with Gasteiger partial charge in [0, 0.05) is 28.2 Å². The van der Waals surface area contributed by atoms with E-state index < -0.39 is 0 Å². The Balaban J connectivity index is 1.82. The molecule has 3 rings (SSSR count). The van der Waals surface area contributed by atoms with Gasteiger partial charge in [-0.3, -0.25) is 4.79 Å². The highest BCUT2D eigenvalue weighted by molar-refractivity contribution is 5.99. The molecule has 0 spiro atoms. The van der Waals surface area contributed by atoms with E-state index >= 15 is 0 Å². The van der Waals surface area contributed by atoms with Crippen LogP contribution in [0.5, 0.6) is 0 Å². The second-order valence-corrected chi connectivity index (χ2v) is 5.94. The lowest BCUT2D eigenvalue weighted by Gasteiger charge is -2.22. The zero-order valence-corrected chi connectivity index (χ0v) is 12.3. The third kappa shape index (κ3) is 2.45. The SMILES string of the molecule is Cc1[nH]c2ccc(C(=O)NC3CCCCC3)cc2c1C. The zero-order valence-electron chi connectivity index (χ0n) is 12.3. The van der Waals surface area contributed by atoms with Crippen molar-refractivity contribution in [2.75, 3.05) is 0 Å². The molecule has 3 nitrogen and oxygen atoms in total. The number of hydrogen-bond acceptors (Lipinski definition) is 1. The number of hydrogen-bond donors (Lipinski definition) is 2. The monoisotopic (exact) mass is 270 g/mol. The van der Waals surface area contributed by atoms with Gasteiger partial charge in [0.25, 0.3) is 5.91 Å². The molecule has 1 heterocycles. The number of carbonyl (C=O) groups excluding carboxylic acids is 1. The van der Waals surface area contributed by atoms with Crippen LogP contribution in [0.4, 0.5) is 0 Å². The molecule has 1 aliphatic carbocycles. The summed E-state index contributed by atoms with van der Waals surface area (Å²) in [6, 6.07) is 6.29. The average molecular weight is 270 g/mol. The molecule has 1 saturated carbocycles. The lowest BCUT2D eigenvalue weighted by Crippen LogP contribution is -2.36. The van der Waals surface area contributed by atoms with Crippen molar-refractivity contribution in [1.82, 2.24) is 10.3 Å². The highest BCUT2D eigenvalue weighted by Gasteiger charge is 2.17. The summed E-state index contributed by atoms with van der Waals surface area (Å²) >= 11 is 0. The van der Waals surface area contributed by atoms with Gasteiger partial charge in [-0.1, -0.05) is 19.3 Å². The zero-order chi connectivity index (χ0) is 14.1. The maximum absolute atomic E-state index is 12.4. The van der Waals surface area contributed by atoms with Gasteiger partial charge in [0.1, 0.15) is 0 Å². The second-order valence-electron chi connectivity index (χ2n) is 5.94. The molecule has 0 unspecified atom stereocenters. The summed E-state index contributed by atoms with van der Waals surface area (Å²) in [6.45, 7) is 4.16. The van der Waals surface area contributed by atoms with E-state index in [1.165, 1.54) is 30.5 Å². The van der Waals surface area contributed by atoms with Crippen LogP contribution in [0.2, 0.25) is 0 Å². The molecule has 1 aromatic heterocycles. The first kappa shape index (κ1) is 13.2. The molecule has 0 saturated heterocycles. The van der Waals surface area contributed by atoms with Crippen LogP contribution < -0.4 is 5.32 Å². The summed E-state index contributed by atoms with van der Waals surface area (Å²) < 4.78 is 0. The molecule has 20 heavy (non-hydrogen) atoms. The van der Waals surface area contributed by atoms with E-state index in [9.17, 15) is 4.79 Å². The van der Waals surface area contributed by atoms with E-state index in [-0.39, 0.29) is 5.91 Å². The van der Waals surface area contributed by atoms with Gasteiger partial charge >= 0.3 is 0 Å². The number of carbonyl (C=O) groups is 1. The van der Waals surface area contributed by atoms with E-state index in [1.54, 1.807) is 0 Å². The molecular weight excluding hydrogens is 248 g/mol. The third-order valence-corrected chi connectivity index (χ3v) is 4.51. The lowest BCUT2D eigenvalue weighted by molar-refractivity contribution is 0.0928. The van der Waals surface area contributed by atoms with Crippen LogP contribution in [0.1, 0.15) is 53.7 Å². The predicted molar refractivity (Wildman–Crippen MR) is 82.1 cm³/mol. The summed E-state index contributed by atoms with van der Waals surface area (Å²) in [5, 5.41) is 4.33. The first-order valence-corrected chi connectivity index (χ1v) is 7.55. The lowest BCUT2D eigenvalue weighted by atomic mass is 9.95. The van der Waals surface area contributed by atoms with Crippen LogP contribution in [0.15, 0.2) is 18.2 Å². The van der Waals surface area contributed by atoms with Crippen molar-refractivity contribution in [1.29, 1.82) is 0 Å². The van der Waals surface area contributed by atoms with E-state index in [0.29, 0.717) is 6.04 Å². The first-order chi connectivity index (χ1) is 9.65. The molecule has 0 atom stereocenters. The highest BCUT2D eigenvalue weighted by Crippen LogP contribution is 2.23. The van der Waals surface area contributed by atoms with Crippen molar-refractivity contribution in [3.63, 3.8) is 0 Å². The molecule has 1 fully saturated rings. The molecule has 0 bridgehead atoms. The smallest absolute Gasteiger partial charge is 0.251 e. The predicted octanol–water partition coefficient (Wildman–Crippen LogP) is 3.85. The third-order valence-electron chi connectivity index (χ3n) is 4.51. The standard InChI is InChI=1S/C17H22N2O/c1-11-12(2)18-16-9-8-13(10-15(11)16)17(20)19-14-6-4-3-5-7-14/h8-10,14,18H,3-7H2,1-2H3,(H,19,20). The Kier molecular flexibility index (Phi) is 3.51. The first-order valence-electron chi connectivity index (χ1n) is 7.55. The summed E-state index contributed by atoms with van der Waals surface area (Å²) in [7, 11) is 0. The van der Waals surface area contributed by atoms with Crippen LogP contribution in [0.25, 0.3) is 10.9 Å². The van der Waals surface area contributed by atoms with Crippen molar-refractivity contribution in [2.24, 2.45) is 0 Å². The van der Waals surface area contributed by atoms with E-state index in [2.05, 4.69) is 24.1 Å². The van der Waals surface area contributed by atoms with Crippen LogP contribution >= 0.6 is 0 Å².